The molecule has 134 valence electrons. The van der Waals surface area contributed by atoms with E-state index in [1.54, 1.807) is 4.90 Å². The number of fused-ring (bicyclic) bond motifs is 2. The van der Waals surface area contributed by atoms with E-state index in [2.05, 4.69) is 17.1 Å². The summed E-state index contributed by atoms with van der Waals surface area (Å²) in [7, 11) is 0. The summed E-state index contributed by atoms with van der Waals surface area (Å²) in [6, 6.07) is -0.663. The highest BCUT2D eigenvalue weighted by molar-refractivity contribution is 7.60. The lowest BCUT2D eigenvalue weighted by molar-refractivity contribution is -0.131. The summed E-state index contributed by atoms with van der Waals surface area (Å²) < 4.78 is 15.5. The first-order chi connectivity index (χ1) is 11.5. The average molecular weight is 356 g/mol. The number of thiol groups is 1. The molecular formula is C15H24N4O4S. The molecule has 2 unspecified atom stereocenters. The second-order valence-corrected chi connectivity index (χ2v) is 7.89. The van der Waals surface area contributed by atoms with E-state index in [-0.39, 0.29) is 24.0 Å². The molecule has 4 rings (SSSR count). The molecule has 0 aromatic heterocycles. The maximum Gasteiger partial charge on any atom is 0.346 e. The summed E-state index contributed by atoms with van der Waals surface area (Å²) in [4.78, 5) is 28.9. The van der Waals surface area contributed by atoms with Crippen LogP contribution in [0.15, 0.2) is 0 Å². The first kappa shape index (κ1) is 16.3. The van der Waals surface area contributed by atoms with E-state index >= 15 is 0 Å². The number of carbonyl (C=O) groups is 2. The van der Waals surface area contributed by atoms with Gasteiger partial charge in [0.2, 0.25) is 5.91 Å². The number of urea groups is 1. The Balaban J connectivity index is 1.30. The van der Waals surface area contributed by atoms with Crippen molar-refractivity contribution < 1.29 is 18.1 Å². The maximum absolute atomic E-state index is 12.6. The number of nitrogens with zero attached hydrogens (tertiary/aromatic N) is 3. The van der Waals surface area contributed by atoms with Crippen molar-refractivity contribution in [1.29, 1.82) is 0 Å². The molecule has 2 atom stereocenters. The van der Waals surface area contributed by atoms with Gasteiger partial charge in [0.05, 0.1) is 6.04 Å². The zero-order valence-corrected chi connectivity index (χ0v) is 14.7. The van der Waals surface area contributed by atoms with Crippen LogP contribution in [0, 0.1) is 5.41 Å². The summed E-state index contributed by atoms with van der Waals surface area (Å²) in [5.41, 5.74) is 0.424. The van der Waals surface area contributed by atoms with Crippen molar-refractivity contribution in [1.82, 2.24) is 20.2 Å². The fraction of sp³-hybridized carbons (Fsp3) is 0.867. The van der Waals surface area contributed by atoms with E-state index in [9.17, 15) is 13.8 Å². The Morgan fingerprint density at radius 1 is 1.38 bits per heavy atom. The van der Waals surface area contributed by atoms with Crippen LogP contribution in [0.25, 0.3) is 0 Å². The number of piperidine rings is 1. The smallest absolute Gasteiger partial charge is 0.346 e. The minimum atomic E-state index is -0.542. The molecule has 1 N–H and O–H groups in total. The van der Waals surface area contributed by atoms with Crippen LogP contribution in [0.3, 0.4) is 0 Å². The lowest BCUT2D eigenvalue weighted by Gasteiger charge is -2.59. The van der Waals surface area contributed by atoms with Gasteiger partial charge in [-0.25, -0.2) is 9.00 Å². The predicted molar refractivity (Wildman–Crippen MR) is 87.1 cm³/mol. The quantitative estimate of drug-likeness (QED) is 0.658. The number of hydrogen-bond acceptors (Lipinski definition) is 5. The predicted octanol–water partition coefficient (Wildman–Crippen LogP) is -0.353. The van der Waals surface area contributed by atoms with Gasteiger partial charge < -0.3 is 15.1 Å². The van der Waals surface area contributed by atoms with Crippen molar-refractivity contribution in [3.63, 3.8) is 0 Å². The standard InChI is InChI=1S/C15H24N4O4S/c1-2-17-8-15(9-17)5-10(6-15)16-13(20)12-4-3-11-7-18(12)14(21)19(11)23-24-22/h10-12,24H,2-9H2,1H3,(H,16,20). The second kappa shape index (κ2) is 5.96. The van der Waals surface area contributed by atoms with E-state index in [1.807, 2.05) is 0 Å². The number of carbonyl (C=O) groups excluding carboxylic acids is 2. The number of likely N-dealkylation sites (tertiary alicyclic amines) is 1. The molecule has 3 amide bonds. The van der Waals surface area contributed by atoms with Gasteiger partial charge in [-0.1, -0.05) is 6.92 Å². The summed E-state index contributed by atoms with van der Waals surface area (Å²) >= 11 is -0.542. The normalized spacial score (nSPS) is 32.0. The molecule has 24 heavy (non-hydrogen) atoms. The zero-order chi connectivity index (χ0) is 16.9. The van der Waals surface area contributed by atoms with Gasteiger partial charge in [0.25, 0.3) is 0 Å². The van der Waals surface area contributed by atoms with Gasteiger partial charge in [0, 0.05) is 25.7 Å². The van der Waals surface area contributed by atoms with Crippen molar-refractivity contribution in [3.05, 3.63) is 0 Å². The number of hydrogen-bond donors (Lipinski definition) is 2. The Kier molecular flexibility index (Phi) is 4.04. The molecule has 9 heteroatoms. The van der Waals surface area contributed by atoms with Crippen molar-refractivity contribution in [3.8, 4) is 0 Å². The molecule has 2 bridgehead atoms. The third kappa shape index (κ3) is 2.53. The topological polar surface area (TPSA) is 82.2 Å². The van der Waals surface area contributed by atoms with E-state index in [0.717, 1.165) is 37.5 Å². The molecule has 4 fully saturated rings. The molecule has 1 saturated carbocycles. The summed E-state index contributed by atoms with van der Waals surface area (Å²) in [5, 5.41) is 4.27. The third-order valence-electron chi connectivity index (χ3n) is 6.02. The van der Waals surface area contributed by atoms with Gasteiger partial charge in [-0.2, -0.15) is 9.35 Å². The Hall–Kier alpha value is -1.19. The average Bonchev–Trinajstić information content (AvgIpc) is 2.73. The van der Waals surface area contributed by atoms with Crippen LogP contribution in [0.4, 0.5) is 4.79 Å². The Labute approximate surface area is 145 Å². The van der Waals surface area contributed by atoms with E-state index in [1.165, 1.54) is 0 Å². The van der Waals surface area contributed by atoms with Crippen molar-refractivity contribution in [2.24, 2.45) is 5.41 Å². The van der Waals surface area contributed by atoms with Crippen molar-refractivity contribution in [2.75, 3.05) is 26.2 Å². The summed E-state index contributed by atoms with van der Waals surface area (Å²) in [6.07, 6.45) is 3.40. The van der Waals surface area contributed by atoms with Gasteiger partial charge in [-0.05, 0) is 37.6 Å². The molecule has 0 aromatic rings. The summed E-state index contributed by atoms with van der Waals surface area (Å²) in [5.74, 6) is -0.0603. The lowest BCUT2D eigenvalue weighted by atomic mass is 9.60. The number of rotatable bonds is 5. The molecule has 1 aliphatic carbocycles. The van der Waals surface area contributed by atoms with Crippen LogP contribution in [0.1, 0.15) is 32.6 Å². The summed E-state index contributed by atoms with van der Waals surface area (Å²) in [6.45, 7) is 6.03. The number of amides is 3. The molecule has 3 saturated heterocycles. The van der Waals surface area contributed by atoms with Gasteiger partial charge in [0.1, 0.15) is 6.04 Å². The van der Waals surface area contributed by atoms with Crippen molar-refractivity contribution in [2.45, 2.75) is 50.7 Å². The van der Waals surface area contributed by atoms with Crippen LogP contribution in [-0.2, 0) is 21.0 Å². The molecule has 3 aliphatic heterocycles. The molecule has 8 nitrogen and oxygen atoms in total. The van der Waals surface area contributed by atoms with E-state index < -0.39 is 18.0 Å². The van der Waals surface area contributed by atoms with Crippen molar-refractivity contribution >= 4 is 23.9 Å². The molecule has 4 aliphatic rings. The Morgan fingerprint density at radius 2 is 2.12 bits per heavy atom. The Bertz CT molecular complexity index is 560. The molecule has 0 aromatic carbocycles. The molecule has 0 radical (unpaired) electrons. The minimum Gasteiger partial charge on any atom is -0.352 e. The largest absolute Gasteiger partial charge is 0.352 e. The molecule has 1 spiro atoms. The van der Waals surface area contributed by atoms with Crippen LogP contribution >= 0.6 is 0 Å². The third-order valence-corrected chi connectivity index (χ3v) is 6.26. The number of hydroxylamine groups is 2. The zero-order valence-electron chi connectivity index (χ0n) is 13.8. The SMILES string of the molecule is CCN1CC2(CC(NC(=O)C3CCC4CN3C(=O)N4O[SH]=O)C2)C1. The second-order valence-electron chi connectivity index (χ2n) is 7.58. The van der Waals surface area contributed by atoms with Crippen LogP contribution in [0.2, 0.25) is 0 Å². The van der Waals surface area contributed by atoms with Gasteiger partial charge >= 0.3 is 6.03 Å². The highest BCUT2D eigenvalue weighted by Gasteiger charge is 2.53. The first-order valence-corrected chi connectivity index (χ1v) is 9.40. The van der Waals surface area contributed by atoms with Crippen LogP contribution in [0.5, 0.6) is 0 Å². The fourth-order valence-corrected chi connectivity index (χ4v) is 5.09. The van der Waals surface area contributed by atoms with Gasteiger partial charge in [-0.3, -0.25) is 4.79 Å². The lowest BCUT2D eigenvalue weighted by Crippen LogP contribution is -2.67. The molecular weight excluding hydrogens is 332 g/mol. The van der Waals surface area contributed by atoms with Crippen LogP contribution < -0.4 is 5.32 Å². The Morgan fingerprint density at radius 3 is 2.79 bits per heavy atom. The number of nitrogens with one attached hydrogen (secondary N) is 1. The highest BCUT2D eigenvalue weighted by Crippen LogP contribution is 2.48. The maximum atomic E-state index is 12.6. The fourth-order valence-electron chi connectivity index (χ4n) is 4.82. The highest BCUT2D eigenvalue weighted by atomic mass is 32.2. The molecule has 3 heterocycles. The van der Waals surface area contributed by atoms with E-state index in [0.29, 0.717) is 24.8 Å². The van der Waals surface area contributed by atoms with E-state index in [4.69, 9.17) is 4.28 Å². The van der Waals surface area contributed by atoms with Gasteiger partial charge in [0.15, 0.2) is 11.9 Å². The van der Waals surface area contributed by atoms with Gasteiger partial charge in [-0.15, -0.1) is 0 Å². The monoisotopic (exact) mass is 356 g/mol. The minimum absolute atomic E-state index is 0.0603. The first-order valence-electron chi connectivity index (χ1n) is 8.67. The van der Waals surface area contributed by atoms with Crippen LogP contribution in [-0.4, -0.2) is 75.3 Å².